The van der Waals surface area contributed by atoms with Gasteiger partial charge in [-0.1, -0.05) is 18.2 Å². The second-order valence-corrected chi connectivity index (χ2v) is 6.83. The lowest BCUT2D eigenvalue weighted by Crippen LogP contribution is -2.29. The number of para-hydroxylation sites is 1. The molecule has 0 atom stereocenters. The summed E-state index contributed by atoms with van der Waals surface area (Å²) < 4.78 is 0. The molecule has 6 heteroatoms. The maximum absolute atomic E-state index is 12.5. The lowest BCUT2D eigenvalue weighted by Gasteiger charge is -2.15. The van der Waals surface area contributed by atoms with Gasteiger partial charge < -0.3 is 15.2 Å². The Morgan fingerprint density at radius 1 is 1.11 bits per heavy atom. The number of aromatic nitrogens is 2. The molecule has 1 aromatic carbocycles. The Morgan fingerprint density at radius 3 is 2.74 bits per heavy atom. The van der Waals surface area contributed by atoms with E-state index >= 15 is 0 Å². The molecule has 138 valence electrons. The van der Waals surface area contributed by atoms with Crippen LogP contribution in [0.15, 0.2) is 48.9 Å². The number of rotatable bonds is 5. The molecule has 3 aromatic rings. The van der Waals surface area contributed by atoms with Gasteiger partial charge in [-0.3, -0.25) is 14.6 Å². The molecule has 0 unspecified atom stereocenters. The highest BCUT2D eigenvalue weighted by atomic mass is 16.2. The van der Waals surface area contributed by atoms with Gasteiger partial charge in [-0.15, -0.1) is 0 Å². The van der Waals surface area contributed by atoms with E-state index < -0.39 is 0 Å². The third-order valence-corrected chi connectivity index (χ3v) is 5.00. The maximum Gasteiger partial charge on any atom is 0.255 e. The summed E-state index contributed by atoms with van der Waals surface area (Å²) in [7, 11) is 0. The quantitative estimate of drug-likeness (QED) is 0.733. The van der Waals surface area contributed by atoms with E-state index in [0.29, 0.717) is 17.7 Å². The predicted molar refractivity (Wildman–Crippen MR) is 104 cm³/mol. The Hall–Kier alpha value is -3.15. The highest BCUT2D eigenvalue weighted by molar-refractivity contribution is 5.99. The minimum atomic E-state index is -0.210. The molecular formula is C21H22N4O2. The van der Waals surface area contributed by atoms with Crippen molar-refractivity contribution in [2.24, 2.45) is 0 Å². The normalized spacial score (nSPS) is 13.9. The second kappa shape index (κ2) is 7.61. The number of hydrogen-bond donors (Lipinski definition) is 2. The van der Waals surface area contributed by atoms with Crippen LogP contribution in [0.2, 0.25) is 0 Å². The molecule has 0 aliphatic carbocycles. The van der Waals surface area contributed by atoms with Crippen molar-refractivity contribution in [3.05, 3.63) is 65.6 Å². The number of fused-ring (bicyclic) bond motifs is 1. The number of likely N-dealkylation sites (tertiary alicyclic amines) is 1. The first-order chi connectivity index (χ1) is 13.2. The molecule has 1 aliphatic rings. The fraction of sp³-hybridized carbons (Fsp3) is 0.286. The van der Waals surface area contributed by atoms with Gasteiger partial charge in [-0.25, -0.2) is 0 Å². The first-order valence-corrected chi connectivity index (χ1v) is 9.30. The van der Waals surface area contributed by atoms with Gasteiger partial charge in [0.15, 0.2) is 0 Å². The van der Waals surface area contributed by atoms with Crippen LogP contribution >= 0.6 is 0 Å². The summed E-state index contributed by atoms with van der Waals surface area (Å²) in [6, 6.07) is 9.74. The van der Waals surface area contributed by atoms with E-state index in [0.717, 1.165) is 37.9 Å². The van der Waals surface area contributed by atoms with Gasteiger partial charge in [-0.05, 0) is 37.0 Å². The molecular weight excluding hydrogens is 340 g/mol. The summed E-state index contributed by atoms with van der Waals surface area (Å²) in [5.41, 5.74) is 3.15. The van der Waals surface area contributed by atoms with Gasteiger partial charge in [0, 0.05) is 49.1 Å². The van der Waals surface area contributed by atoms with Crippen molar-refractivity contribution in [1.29, 1.82) is 0 Å². The number of carbonyl (C=O) groups excluding carboxylic acids is 2. The summed E-state index contributed by atoms with van der Waals surface area (Å²) in [4.78, 5) is 34.1. The van der Waals surface area contributed by atoms with Crippen LogP contribution in [0.3, 0.4) is 0 Å². The SMILES string of the molecule is O=C(NCCc1c[nH]c2ccccc12)c1cncc(C(=O)N2CCCC2)c1. The van der Waals surface area contributed by atoms with E-state index in [1.54, 1.807) is 6.07 Å². The Labute approximate surface area is 157 Å². The van der Waals surface area contributed by atoms with Crippen molar-refractivity contribution < 1.29 is 9.59 Å². The maximum atomic E-state index is 12.5. The van der Waals surface area contributed by atoms with Crippen LogP contribution in [0.25, 0.3) is 10.9 Å². The summed E-state index contributed by atoms with van der Waals surface area (Å²) in [6.07, 6.45) is 7.81. The number of pyridine rings is 1. The van der Waals surface area contributed by atoms with Crippen LogP contribution < -0.4 is 5.32 Å². The third-order valence-electron chi connectivity index (χ3n) is 5.00. The van der Waals surface area contributed by atoms with E-state index in [2.05, 4.69) is 21.4 Å². The number of carbonyl (C=O) groups is 2. The van der Waals surface area contributed by atoms with Crippen molar-refractivity contribution in [3.8, 4) is 0 Å². The molecule has 2 amide bonds. The van der Waals surface area contributed by atoms with Gasteiger partial charge in [0.2, 0.25) is 0 Å². The molecule has 3 heterocycles. The number of nitrogens with zero attached hydrogens (tertiary/aromatic N) is 2. The molecule has 0 saturated carbocycles. The van der Waals surface area contributed by atoms with Crippen molar-refractivity contribution in [3.63, 3.8) is 0 Å². The largest absolute Gasteiger partial charge is 0.361 e. The van der Waals surface area contributed by atoms with Gasteiger partial charge in [-0.2, -0.15) is 0 Å². The highest BCUT2D eigenvalue weighted by Gasteiger charge is 2.20. The highest BCUT2D eigenvalue weighted by Crippen LogP contribution is 2.18. The van der Waals surface area contributed by atoms with Crippen LogP contribution in [0.5, 0.6) is 0 Å². The van der Waals surface area contributed by atoms with Crippen molar-refractivity contribution in [1.82, 2.24) is 20.2 Å². The van der Waals surface area contributed by atoms with Crippen LogP contribution in [0, 0.1) is 0 Å². The second-order valence-electron chi connectivity index (χ2n) is 6.83. The number of nitrogens with one attached hydrogen (secondary N) is 2. The molecule has 2 N–H and O–H groups in total. The van der Waals surface area contributed by atoms with Crippen LogP contribution in [0.4, 0.5) is 0 Å². The smallest absolute Gasteiger partial charge is 0.255 e. The molecule has 1 fully saturated rings. The van der Waals surface area contributed by atoms with Crippen LogP contribution in [-0.4, -0.2) is 46.3 Å². The van der Waals surface area contributed by atoms with E-state index in [-0.39, 0.29) is 11.8 Å². The number of H-pyrrole nitrogens is 1. The first-order valence-electron chi connectivity index (χ1n) is 9.30. The number of amides is 2. The van der Waals surface area contributed by atoms with Gasteiger partial charge >= 0.3 is 0 Å². The minimum Gasteiger partial charge on any atom is -0.361 e. The molecule has 6 nitrogen and oxygen atoms in total. The summed E-state index contributed by atoms with van der Waals surface area (Å²) in [5.74, 6) is -0.258. The lowest BCUT2D eigenvalue weighted by molar-refractivity contribution is 0.0792. The van der Waals surface area contributed by atoms with Crippen LogP contribution in [-0.2, 0) is 6.42 Å². The Balaban J connectivity index is 1.38. The minimum absolute atomic E-state index is 0.0477. The lowest BCUT2D eigenvalue weighted by atomic mass is 10.1. The Kier molecular flexibility index (Phi) is 4.87. The first kappa shape index (κ1) is 17.3. The standard InChI is InChI=1S/C21H22N4O2/c26-20(23-8-7-15-14-24-19-6-2-1-5-18(15)19)16-11-17(13-22-12-16)21(27)25-9-3-4-10-25/h1-2,5-6,11-14,24H,3-4,7-10H2,(H,23,26). The number of aromatic amines is 1. The molecule has 0 radical (unpaired) electrons. The summed E-state index contributed by atoms with van der Waals surface area (Å²) in [6.45, 7) is 2.07. The van der Waals surface area contributed by atoms with Gasteiger partial charge in [0.25, 0.3) is 11.8 Å². The molecule has 0 spiro atoms. The Morgan fingerprint density at radius 2 is 1.89 bits per heavy atom. The molecule has 27 heavy (non-hydrogen) atoms. The van der Waals surface area contributed by atoms with Gasteiger partial charge in [0.1, 0.15) is 0 Å². The predicted octanol–water partition coefficient (Wildman–Crippen LogP) is 2.77. The Bertz CT molecular complexity index is 973. The van der Waals surface area contributed by atoms with Crippen LogP contribution in [0.1, 0.15) is 39.1 Å². The van der Waals surface area contributed by atoms with E-state index in [1.165, 1.54) is 23.3 Å². The fourth-order valence-electron chi connectivity index (χ4n) is 3.54. The van der Waals surface area contributed by atoms with E-state index in [9.17, 15) is 9.59 Å². The molecule has 2 aromatic heterocycles. The topological polar surface area (TPSA) is 78.1 Å². The summed E-state index contributed by atoms with van der Waals surface area (Å²) in [5, 5.41) is 4.09. The van der Waals surface area contributed by atoms with Crippen molar-refractivity contribution in [2.45, 2.75) is 19.3 Å². The third kappa shape index (κ3) is 3.69. The molecule has 1 aliphatic heterocycles. The molecule has 4 rings (SSSR count). The monoisotopic (exact) mass is 362 g/mol. The van der Waals surface area contributed by atoms with Gasteiger partial charge in [0.05, 0.1) is 11.1 Å². The zero-order chi connectivity index (χ0) is 18.6. The van der Waals surface area contributed by atoms with E-state index in [4.69, 9.17) is 0 Å². The average Bonchev–Trinajstić information content (AvgIpc) is 3.38. The van der Waals surface area contributed by atoms with E-state index in [1.807, 2.05) is 29.3 Å². The molecule has 0 bridgehead atoms. The fourth-order valence-corrected chi connectivity index (χ4v) is 3.54. The molecule has 1 saturated heterocycles. The summed E-state index contributed by atoms with van der Waals surface area (Å²) >= 11 is 0. The zero-order valence-corrected chi connectivity index (χ0v) is 15.1. The average molecular weight is 362 g/mol. The number of benzene rings is 1. The van der Waals surface area contributed by atoms with Crippen molar-refractivity contribution in [2.75, 3.05) is 19.6 Å². The number of hydrogen-bond acceptors (Lipinski definition) is 3. The van der Waals surface area contributed by atoms with Crippen molar-refractivity contribution >= 4 is 22.7 Å². The zero-order valence-electron chi connectivity index (χ0n) is 15.1.